The van der Waals surface area contributed by atoms with Gasteiger partial charge in [0, 0.05) is 12.5 Å². The van der Waals surface area contributed by atoms with Crippen LogP contribution < -0.4 is 15.4 Å². The van der Waals surface area contributed by atoms with Gasteiger partial charge in [-0.15, -0.1) is 0 Å². The van der Waals surface area contributed by atoms with Crippen LogP contribution in [0, 0.1) is 0 Å². The van der Waals surface area contributed by atoms with E-state index in [-0.39, 0.29) is 18.2 Å². The topological polar surface area (TPSA) is 50.4 Å². The number of methoxy groups -OCH3 is 1. The molecular weight excluding hydrogens is 357 g/mol. The van der Waals surface area contributed by atoms with Crippen LogP contribution >= 0.6 is 0 Å². The number of amides is 1. The molecular formula is C20H23F3N2O2. The van der Waals surface area contributed by atoms with Crippen molar-refractivity contribution >= 4 is 11.6 Å². The quantitative estimate of drug-likeness (QED) is 0.719. The highest BCUT2D eigenvalue weighted by molar-refractivity contribution is 5.92. The summed E-state index contributed by atoms with van der Waals surface area (Å²) in [5.41, 5.74) is 0.0537. The van der Waals surface area contributed by atoms with Crippen LogP contribution in [0.1, 0.15) is 24.5 Å². The molecule has 7 heteroatoms. The summed E-state index contributed by atoms with van der Waals surface area (Å²) >= 11 is 0. The summed E-state index contributed by atoms with van der Waals surface area (Å²) in [4.78, 5) is 12.1. The molecule has 2 rings (SSSR count). The van der Waals surface area contributed by atoms with Gasteiger partial charge in [0.2, 0.25) is 5.91 Å². The Morgan fingerprint density at radius 1 is 1.11 bits per heavy atom. The molecule has 146 valence electrons. The first kappa shape index (κ1) is 20.8. The minimum Gasteiger partial charge on any atom is -0.497 e. The van der Waals surface area contributed by atoms with Crippen LogP contribution in [-0.2, 0) is 17.4 Å². The van der Waals surface area contributed by atoms with Crippen molar-refractivity contribution in [1.29, 1.82) is 0 Å². The number of benzene rings is 2. The number of ether oxygens (including phenoxy) is 1. The lowest BCUT2D eigenvalue weighted by Gasteiger charge is -2.16. The normalized spacial score (nSPS) is 12.5. The fraction of sp³-hybridized carbons (Fsp3) is 0.350. The van der Waals surface area contributed by atoms with Gasteiger partial charge in [0.05, 0.1) is 18.4 Å². The lowest BCUT2D eigenvalue weighted by atomic mass is 10.1. The van der Waals surface area contributed by atoms with Crippen molar-refractivity contribution in [3.05, 3.63) is 59.7 Å². The standard InChI is InChI=1S/C20H23F3N2O2/c1-14(24-12-11-15-7-9-16(27-2)10-8-15)13-19(26)25-18-6-4-3-5-17(18)20(21,22)23/h3-10,14,24H,11-13H2,1-2H3,(H,25,26). The third-order valence-electron chi connectivity index (χ3n) is 4.06. The second-order valence-electron chi connectivity index (χ2n) is 6.25. The minimum absolute atomic E-state index is 0.0782. The molecule has 2 N–H and O–H groups in total. The molecule has 0 saturated carbocycles. The average molecular weight is 380 g/mol. The number of carbonyl (C=O) groups is 1. The van der Waals surface area contributed by atoms with E-state index in [1.165, 1.54) is 18.2 Å². The molecule has 0 fully saturated rings. The Balaban J connectivity index is 1.80. The van der Waals surface area contributed by atoms with Crippen LogP contribution in [0.3, 0.4) is 0 Å². The molecule has 1 amide bonds. The summed E-state index contributed by atoms with van der Waals surface area (Å²) in [5.74, 6) is 0.326. The minimum atomic E-state index is -4.51. The van der Waals surface area contributed by atoms with Crippen molar-refractivity contribution < 1.29 is 22.7 Å². The van der Waals surface area contributed by atoms with Gasteiger partial charge >= 0.3 is 6.18 Å². The van der Waals surface area contributed by atoms with Crippen LogP contribution in [0.2, 0.25) is 0 Å². The molecule has 0 bridgehead atoms. The van der Waals surface area contributed by atoms with Gasteiger partial charge in [-0.2, -0.15) is 13.2 Å². The molecule has 27 heavy (non-hydrogen) atoms. The molecule has 1 unspecified atom stereocenters. The van der Waals surface area contributed by atoms with E-state index < -0.39 is 17.6 Å². The van der Waals surface area contributed by atoms with Crippen molar-refractivity contribution in [2.75, 3.05) is 19.0 Å². The van der Waals surface area contributed by atoms with E-state index in [0.717, 1.165) is 23.8 Å². The summed E-state index contributed by atoms with van der Waals surface area (Å²) in [6, 6.07) is 12.5. The zero-order valence-electron chi connectivity index (χ0n) is 15.3. The third-order valence-corrected chi connectivity index (χ3v) is 4.06. The number of carbonyl (C=O) groups excluding carboxylic acids is 1. The van der Waals surface area contributed by atoms with Gasteiger partial charge in [0.15, 0.2) is 0 Å². The zero-order valence-corrected chi connectivity index (χ0v) is 15.3. The third kappa shape index (κ3) is 6.60. The Morgan fingerprint density at radius 3 is 2.41 bits per heavy atom. The smallest absolute Gasteiger partial charge is 0.418 e. The van der Waals surface area contributed by atoms with Crippen LogP contribution in [-0.4, -0.2) is 25.6 Å². The van der Waals surface area contributed by atoms with E-state index in [9.17, 15) is 18.0 Å². The number of halogens is 3. The molecule has 0 radical (unpaired) electrons. The predicted molar refractivity (Wildman–Crippen MR) is 98.9 cm³/mol. The predicted octanol–water partition coefficient (Wildman–Crippen LogP) is 4.26. The summed E-state index contributed by atoms with van der Waals surface area (Å²) in [5, 5.41) is 5.56. The van der Waals surface area contributed by atoms with E-state index in [0.29, 0.717) is 6.54 Å². The molecule has 0 spiro atoms. The molecule has 0 aliphatic carbocycles. The Bertz CT molecular complexity index is 746. The summed E-state index contributed by atoms with van der Waals surface area (Å²) < 4.78 is 44.0. The summed E-state index contributed by atoms with van der Waals surface area (Å²) in [6.07, 6.45) is -3.66. The van der Waals surface area contributed by atoms with E-state index in [1.54, 1.807) is 7.11 Å². The molecule has 0 aliphatic rings. The van der Waals surface area contributed by atoms with Crippen molar-refractivity contribution in [3.8, 4) is 5.75 Å². The van der Waals surface area contributed by atoms with Crippen molar-refractivity contribution in [3.63, 3.8) is 0 Å². The highest BCUT2D eigenvalue weighted by Crippen LogP contribution is 2.34. The van der Waals surface area contributed by atoms with Gasteiger partial charge in [-0.1, -0.05) is 24.3 Å². The molecule has 0 aliphatic heterocycles. The van der Waals surface area contributed by atoms with Crippen LogP contribution in [0.15, 0.2) is 48.5 Å². The highest BCUT2D eigenvalue weighted by atomic mass is 19.4. The average Bonchev–Trinajstić information content (AvgIpc) is 2.61. The number of anilines is 1. The van der Waals surface area contributed by atoms with E-state index in [4.69, 9.17) is 4.74 Å². The van der Waals surface area contributed by atoms with E-state index in [2.05, 4.69) is 10.6 Å². The second kappa shape index (κ2) is 9.41. The Hall–Kier alpha value is -2.54. The van der Waals surface area contributed by atoms with Gasteiger partial charge in [-0.3, -0.25) is 4.79 Å². The largest absolute Gasteiger partial charge is 0.497 e. The first-order valence-corrected chi connectivity index (χ1v) is 8.62. The van der Waals surface area contributed by atoms with Crippen LogP contribution in [0.5, 0.6) is 5.75 Å². The molecule has 0 heterocycles. The first-order valence-electron chi connectivity index (χ1n) is 8.62. The number of alkyl halides is 3. The van der Waals surface area contributed by atoms with E-state index in [1.807, 2.05) is 31.2 Å². The van der Waals surface area contributed by atoms with Crippen molar-refractivity contribution in [1.82, 2.24) is 5.32 Å². The fourth-order valence-electron chi connectivity index (χ4n) is 2.65. The molecule has 2 aromatic carbocycles. The van der Waals surface area contributed by atoms with Crippen LogP contribution in [0.4, 0.5) is 18.9 Å². The van der Waals surface area contributed by atoms with Gasteiger partial charge in [-0.25, -0.2) is 0 Å². The maximum Gasteiger partial charge on any atom is 0.418 e. The van der Waals surface area contributed by atoms with Gasteiger partial charge in [0.25, 0.3) is 0 Å². The zero-order chi connectivity index (χ0) is 19.9. The van der Waals surface area contributed by atoms with Crippen LogP contribution in [0.25, 0.3) is 0 Å². The maximum atomic E-state index is 13.0. The molecule has 0 saturated heterocycles. The van der Waals surface area contributed by atoms with Crippen molar-refractivity contribution in [2.24, 2.45) is 0 Å². The Kier molecular flexibility index (Phi) is 7.24. The molecule has 0 aromatic heterocycles. The lowest BCUT2D eigenvalue weighted by molar-refractivity contribution is -0.137. The molecule has 4 nitrogen and oxygen atoms in total. The fourth-order valence-corrected chi connectivity index (χ4v) is 2.65. The number of rotatable bonds is 8. The van der Waals surface area contributed by atoms with Gasteiger partial charge in [-0.05, 0) is 49.7 Å². The van der Waals surface area contributed by atoms with E-state index >= 15 is 0 Å². The highest BCUT2D eigenvalue weighted by Gasteiger charge is 2.33. The number of hydrogen-bond donors (Lipinski definition) is 2. The number of nitrogens with one attached hydrogen (secondary N) is 2. The first-order chi connectivity index (χ1) is 12.8. The Labute approximate surface area is 156 Å². The van der Waals surface area contributed by atoms with Gasteiger partial charge in [0.1, 0.15) is 5.75 Å². The Morgan fingerprint density at radius 2 is 1.78 bits per heavy atom. The molecule has 1 atom stereocenters. The summed E-state index contributed by atoms with van der Waals surface area (Å²) in [7, 11) is 1.61. The lowest BCUT2D eigenvalue weighted by Crippen LogP contribution is -2.32. The summed E-state index contributed by atoms with van der Waals surface area (Å²) in [6.45, 7) is 2.48. The SMILES string of the molecule is COc1ccc(CCNC(C)CC(=O)Nc2ccccc2C(F)(F)F)cc1. The van der Waals surface area contributed by atoms with Crippen molar-refractivity contribution in [2.45, 2.75) is 32.0 Å². The second-order valence-corrected chi connectivity index (χ2v) is 6.25. The van der Waals surface area contributed by atoms with Gasteiger partial charge < -0.3 is 15.4 Å². The molecule has 2 aromatic rings. The number of para-hydroxylation sites is 1. The maximum absolute atomic E-state index is 13.0. The monoisotopic (exact) mass is 380 g/mol. The number of hydrogen-bond acceptors (Lipinski definition) is 3.